The summed E-state index contributed by atoms with van der Waals surface area (Å²) in [6.07, 6.45) is 6.98. The van der Waals surface area contributed by atoms with Crippen molar-refractivity contribution in [3.63, 3.8) is 0 Å². The molecule has 2 rings (SSSR count). The lowest BCUT2D eigenvalue weighted by Gasteiger charge is -2.30. The second-order valence-corrected chi connectivity index (χ2v) is 5.28. The number of hydrogen-bond donors (Lipinski definition) is 0. The summed E-state index contributed by atoms with van der Waals surface area (Å²) in [6.45, 7) is 2.25. The molecule has 0 radical (unpaired) electrons. The molecule has 1 saturated carbocycles. The molecule has 0 N–H and O–H groups in total. The largest absolute Gasteiger partial charge is 0.267 e. The van der Waals surface area contributed by atoms with Crippen molar-refractivity contribution in [2.45, 2.75) is 32.2 Å². The summed E-state index contributed by atoms with van der Waals surface area (Å²) in [5, 5.41) is 13.4. The second-order valence-electron chi connectivity index (χ2n) is 4.36. The van der Waals surface area contributed by atoms with Crippen molar-refractivity contribution in [1.29, 1.82) is 5.26 Å². The van der Waals surface area contributed by atoms with Gasteiger partial charge in [-0.1, -0.05) is 6.92 Å². The van der Waals surface area contributed by atoms with Crippen LogP contribution in [-0.2, 0) is 0 Å². The third-order valence-electron chi connectivity index (χ3n) is 3.15. The highest BCUT2D eigenvalue weighted by molar-refractivity contribution is 9.10. The van der Waals surface area contributed by atoms with Crippen LogP contribution in [0.3, 0.4) is 0 Å². The Morgan fingerprint density at radius 2 is 2.40 bits per heavy atom. The van der Waals surface area contributed by atoms with Gasteiger partial charge in [-0.2, -0.15) is 10.4 Å². The van der Waals surface area contributed by atoms with Gasteiger partial charge in [-0.25, -0.2) is 0 Å². The Labute approximate surface area is 98.2 Å². The molecule has 1 aliphatic rings. The Kier molecular flexibility index (Phi) is 3.11. The van der Waals surface area contributed by atoms with Crippen molar-refractivity contribution in [2.24, 2.45) is 11.8 Å². The van der Waals surface area contributed by atoms with E-state index in [0.717, 1.165) is 23.7 Å². The van der Waals surface area contributed by atoms with Gasteiger partial charge in [0.25, 0.3) is 0 Å². The molecule has 0 aromatic carbocycles. The standard InChI is InChI=1S/C11H14BrN3/c1-8-2-3-9(5-13)11(4-8)15-7-10(12)6-14-15/h6-9,11H,2-4H2,1H3. The third kappa shape index (κ3) is 2.23. The molecule has 4 heteroatoms. The van der Waals surface area contributed by atoms with Gasteiger partial charge in [0.15, 0.2) is 0 Å². The van der Waals surface area contributed by atoms with Gasteiger partial charge in [0.2, 0.25) is 0 Å². The minimum atomic E-state index is 0.119. The predicted octanol–water partition coefficient (Wildman–Crippen LogP) is 3.15. The topological polar surface area (TPSA) is 41.6 Å². The fraction of sp³-hybridized carbons (Fsp3) is 0.636. The summed E-state index contributed by atoms with van der Waals surface area (Å²) >= 11 is 3.39. The lowest BCUT2D eigenvalue weighted by Crippen LogP contribution is -2.26. The number of hydrogen-bond acceptors (Lipinski definition) is 2. The molecule has 0 bridgehead atoms. The number of halogens is 1. The van der Waals surface area contributed by atoms with E-state index in [4.69, 9.17) is 5.26 Å². The Morgan fingerprint density at radius 3 is 3.00 bits per heavy atom. The van der Waals surface area contributed by atoms with Gasteiger partial charge in [-0.3, -0.25) is 4.68 Å². The highest BCUT2D eigenvalue weighted by atomic mass is 79.9. The van der Waals surface area contributed by atoms with Crippen molar-refractivity contribution in [1.82, 2.24) is 9.78 Å². The highest BCUT2D eigenvalue weighted by Gasteiger charge is 2.30. The molecule has 3 unspecified atom stereocenters. The van der Waals surface area contributed by atoms with Crippen LogP contribution in [0.4, 0.5) is 0 Å². The van der Waals surface area contributed by atoms with Crippen LogP contribution in [0.15, 0.2) is 16.9 Å². The zero-order chi connectivity index (χ0) is 10.8. The summed E-state index contributed by atoms with van der Waals surface area (Å²) in [6, 6.07) is 2.66. The van der Waals surface area contributed by atoms with Gasteiger partial charge >= 0.3 is 0 Å². The molecule has 3 atom stereocenters. The Morgan fingerprint density at radius 1 is 1.60 bits per heavy atom. The van der Waals surface area contributed by atoms with E-state index in [9.17, 15) is 0 Å². The summed E-state index contributed by atoms with van der Waals surface area (Å²) in [5.74, 6) is 0.815. The molecule has 1 aliphatic carbocycles. The average Bonchev–Trinajstić information content (AvgIpc) is 2.65. The van der Waals surface area contributed by atoms with E-state index in [2.05, 4.69) is 34.0 Å². The fourth-order valence-corrected chi connectivity index (χ4v) is 2.59. The summed E-state index contributed by atoms with van der Waals surface area (Å²) in [5.41, 5.74) is 0. The first-order valence-electron chi connectivity index (χ1n) is 5.30. The fourth-order valence-electron chi connectivity index (χ4n) is 2.29. The van der Waals surface area contributed by atoms with Crippen LogP contribution < -0.4 is 0 Å². The van der Waals surface area contributed by atoms with Gasteiger partial charge in [0, 0.05) is 6.20 Å². The molecule has 0 amide bonds. The first-order chi connectivity index (χ1) is 7.20. The maximum Gasteiger partial charge on any atom is 0.0688 e. The maximum atomic E-state index is 9.11. The quantitative estimate of drug-likeness (QED) is 0.785. The van der Waals surface area contributed by atoms with Crippen molar-refractivity contribution >= 4 is 15.9 Å². The molecule has 3 nitrogen and oxygen atoms in total. The Balaban J connectivity index is 2.21. The van der Waals surface area contributed by atoms with E-state index in [1.807, 2.05) is 10.9 Å². The zero-order valence-electron chi connectivity index (χ0n) is 8.73. The normalized spacial score (nSPS) is 31.1. The predicted molar refractivity (Wildman–Crippen MR) is 61.1 cm³/mol. The molecule has 1 aromatic rings. The minimum Gasteiger partial charge on any atom is -0.267 e. The van der Waals surface area contributed by atoms with Gasteiger partial charge < -0.3 is 0 Å². The first kappa shape index (κ1) is 10.7. The smallest absolute Gasteiger partial charge is 0.0688 e. The zero-order valence-corrected chi connectivity index (χ0v) is 10.3. The van der Waals surface area contributed by atoms with Crippen LogP contribution in [0, 0.1) is 23.2 Å². The molecule has 15 heavy (non-hydrogen) atoms. The SMILES string of the molecule is CC1CCC(C#N)C(n2cc(Br)cn2)C1. The molecule has 80 valence electrons. The van der Waals surface area contributed by atoms with Gasteiger partial charge in [-0.15, -0.1) is 0 Å². The molecule has 1 aromatic heterocycles. The number of aromatic nitrogens is 2. The van der Waals surface area contributed by atoms with Crippen molar-refractivity contribution in [3.8, 4) is 6.07 Å². The first-order valence-corrected chi connectivity index (χ1v) is 6.09. The van der Waals surface area contributed by atoms with Crippen molar-refractivity contribution in [2.75, 3.05) is 0 Å². The molecular formula is C11H14BrN3. The number of rotatable bonds is 1. The molecule has 1 fully saturated rings. The summed E-state index contributed by atoms with van der Waals surface area (Å²) < 4.78 is 2.92. The minimum absolute atomic E-state index is 0.119. The van der Waals surface area contributed by atoms with E-state index in [0.29, 0.717) is 5.92 Å². The van der Waals surface area contributed by atoms with Crippen LogP contribution in [0.25, 0.3) is 0 Å². The third-order valence-corrected chi connectivity index (χ3v) is 3.56. The van der Waals surface area contributed by atoms with Crippen LogP contribution in [0.2, 0.25) is 0 Å². The molecule has 1 heterocycles. The van der Waals surface area contributed by atoms with Gasteiger partial charge in [0.1, 0.15) is 0 Å². The van der Waals surface area contributed by atoms with Crippen molar-refractivity contribution < 1.29 is 0 Å². The van der Waals surface area contributed by atoms with E-state index >= 15 is 0 Å². The van der Waals surface area contributed by atoms with Crippen molar-refractivity contribution in [3.05, 3.63) is 16.9 Å². The van der Waals surface area contributed by atoms with Crippen LogP contribution in [0.1, 0.15) is 32.2 Å². The summed E-state index contributed by atoms with van der Waals surface area (Å²) in [4.78, 5) is 0. The van der Waals surface area contributed by atoms with E-state index < -0.39 is 0 Å². The monoisotopic (exact) mass is 267 g/mol. The van der Waals surface area contributed by atoms with Gasteiger partial charge in [0.05, 0.1) is 28.7 Å². The summed E-state index contributed by atoms with van der Waals surface area (Å²) in [7, 11) is 0. The number of nitriles is 1. The Hall–Kier alpha value is -0.820. The van der Waals surface area contributed by atoms with Crippen LogP contribution in [-0.4, -0.2) is 9.78 Å². The molecule has 0 spiro atoms. The lowest BCUT2D eigenvalue weighted by molar-refractivity contribution is 0.218. The maximum absolute atomic E-state index is 9.11. The van der Waals surface area contributed by atoms with E-state index in [-0.39, 0.29) is 12.0 Å². The highest BCUT2D eigenvalue weighted by Crippen LogP contribution is 2.36. The molecule has 0 saturated heterocycles. The molecular weight excluding hydrogens is 254 g/mol. The number of nitrogens with zero attached hydrogens (tertiary/aromatic N) is 3. The average molecular weight is 268 g/mol. The van der Waals surface area contributed by atoms with Crippen LogP contribution >= 0.6 is 15.9 Å². The van der Waals surface area contributed by atoms with Crippen LogP contribution in [0.5, 0.6) is 0 Å². The molecule has 0 aliphatic heterocycles. The van der Waals surface area contributed by atoms with Gasteiger partial charge in [-0.05, 0) is 41.1 Å². The Bertz CT molecular complexity index is 379. The second kappa shape index (κ2) is 4.36. The lowest BCUT2D eigenvalue weighted by atomic mass is 9.80. The van der Waals surface area contributed by atoms with E-state index in [1.165, 1.54) is 0 Å². The van der Waals surface area contributed by atoms with E-state index in [1.54, 1.807) is 6.20 Å².